The van der Waals surface area contributed by atoms with Crippen LogP contribution in [-0.4, -0.2) is 42.9 Å². The number of nitrogens with one attached hydrogen (secondary N) is 1. The van der Waals surface area contributed by atoms with Crippen LogP contribution < -0.4 is 5.32 Å². The van der Waals surface area contributed by atoms with Gasteiger partial charge in [-0.25, -0.2) is 0 Å². The second kappa shape index (κ2) is 8.57. The highest BCUT2D eigenvalue weighted by Crippen LogP contribution is 2.50. The van der Waals surface area contributed by atoms with E-state index in [1.54, 1.807) is 16.2 Å². The first-order valence-corrected chi connectivity index (χ1v) is 11.9. The lowest BCUT2D eigenvalue weighted by Gasteiger charge is -2.23. The molecule has 0 amide bonds. The number of aromatic nitrogens is 1. The fraction of sp³-hybridized carbons (Fsp3) is 0.318. The van der Waals surface area contributed by atoms with Gasteiger partial charge in [-0.15, -0.1) is 11.3 Å². The first-order valence-electron chi connectivity index (χ1n) is 9.46. The fourth-order valence-electron chi connectivity index (χ4n) is 3.67. The number of thiophene rings is 1. The minimum atomic E-state index is -0.231. The summed E-state index contributed by atoms with van der Waals surface area (Å²) in [5.74, 6) is 1.14. The molecule has 5 heteroatoms. The van der Waals surface area contributed by atoms with Gasteiger partial charge in [-0.3, -0.25) is 9.88 Å². The summed E-state index contributed by atoms with van der Waals surface area (Å²) >= 11 is 1.80. The highest BCUT2D eigenvalue weighted by atomic mass is 32.2. The molecule has 3 heterocycles. The summed E-state index contributed by atoms with van der Waals surface area (Å²) in [4.78, 5) is 8.29. The van der Waals surface area contributed by atoms with E-state index in [2.05, 4.69) is 63.4 Å². The maximum Gasteiger partial charge on any atom is 0.0528 e. The van der Waals surface area contributed by atoms with E-state index < -0.39 is 0 Å². The van der Waals surface area contributed by atoms with Gasteiger partial charge in [0.1, 0.15) is 0 Å². The van der Waals surface area contributed by atoms with Crippen LogP contribution in [-0.2, 0) is 6.42 Å². The van der Waals surface area contributed by atoms with Crippen LogP contribution in [0.25, 0.3) is 15.7 Å². The van der Waals surface area contributed by atoms with Crippen molar-refractivity contribution in [3.05, 3.63) is 64.6 Å². The van der Waals surface area contributed by atoms with Gasteiger partial charge in [-0.1, -0.05) is 18.2 Å². The third-order valence-electron chi connectivity index (χ3n) is 5.13. The Morgan fingerprint density at radius 1 is 1.19 bits per heavy atom. The largest absolute Gasteiger partial charge is 0.319 e. The Labute approximate surface area is 168 Å². The van der Waals surface area contributed by atoms with Crippen LogP contribution >= 0.6 is 22.2 Å². The normalized spacial score (nSPS) is 17.4. The lowest BCUT2D eigenvalue weighted by molar-refractivity contribution is 0.397. The number of hydrogen-bond donors (Lipinski definition) is 2. The molecule has 2 aromatic heterocycles. The van der Waals surface area contributed by atoms with Crippen molar-refractivity contribution < 1.29 is 0 Å². The summed E-state index contributed by atoms with van der Waals surface area (Å²) in [5.41, 5.74) is 4.45. The second-order valence-electron chi connectivity index (χ2n) is 7.10. The van der Waals surface area contributed by atoms with Crippen molar-refractivity contribution >= 4 is 37.9 Å². The number of nitrogens with zero attached hydrogens (tertiary/aromatic N) is 2. The molecule has 3 nitrogen and oxygen atoms in total. The summed E-state index contributed by atoms with van der Waals surface area (Å²) in [7, 11) is 4.06. The van der Waals surface area contributed by atoms with Crippen molar-refractivity contribution in [3.8, 4) is 0 Å². The van der Waals surface area contributed by atoms with Crippen LogP contribution in [0.3, 0.4) is 0 Å². The number of fused-ring (bicyclic) bond motifs is 2. The van der Waals surface area contributed by atoms with E-state index in [4.69, 9.17) is 0 Å². The van der Waals surface area contributed by atoms with Crippen molar-refractivity contribution in [3.63, 3.8) is 0 Å². The molecule has 0 aliphatic carbocycles. The van der Waals surface area contributed by atoms with Gasteiger partial charge in [0.15, 0.2) is 0 Å². The molecule has 27 heavy (non-hydrogen) atoms. The first-order chi connectivity index (χ1) is 13.3. The summed E-state index contributed by atoms with van der Waals surface area (Å²) < 4.78 is 1.29. The van der Waals surface area contributed by atoms with E-state index in [0.717, 1.165) is 31.8 Å². The van der Waals surface area contributed by atoms with E-state index in [0.29, 0.717) is 0 Å². The lowest BCUT2D eigenvalue weighted by Crippen LogP contribution is -2.22. The van der Waals surface area contributed by atoms with E-state index in [1.165, 1.54) is 26.8 Å². The Morgan fingerprint density at radius 2 is 2.07 bits per heavy atom. The average Bonchev–Trinajstić information content (AvgIpc) is 3.27. The molecular weight excluding hydrogens is 370 g/mol. The zero-order chi connectivity index (χ0) is 18.6. The minimum absolute atomic E-state index is 0.231. The third-order valence-corrected chi connectivity index (χ3v) is 8.53. The van der Waals surface area contributed by atoms with Crippen molar-refractivity contribution in [2.45, 2.75) is 17.7 Å². The van der Waals surface area contributed by atoms with Gasteiger partial charge in [0.05, 0.1) is 4.70 Å². The van der Waals surface area contributed by atoms with Gasteiger partial charge in [0.2, 0.25) is 0 Å². The van der Waals surface area contributed by atoms with E-state index in [-0.39, 0.29) is 10.9 Å². The second-order valence-corrected chi connectivity index (χ2v) is 9.97. The number of rotatable bonds is 8. The quantitative estimate of drug-likeness (QED) is 0.537. The van der Waals surface area contributed by atoms with Crippen LogP contribution in [0.15, 0.2) is 58.4 Å². The average molecular weight is 398 g/mol. The molecule has 1 unspecified atom stereocenters. The summed E-state index contributed by atoms with van der Waals surface area (Å²) in [5, 5.41) is 9.51. The molecule has 1 aromatic carbocycles. The number of thiol groups is 1. The molecular formula is C22H27N3S2. The van der Waals surface area contributed by atoms with Crippen LogP contribution in [0.1, 0.15) is 17.5 Å². The Hall–Kier alpha value is -1.66. The Morgan fingerprint density at radius 3 is 2.96 bits per heavy atom. The Kier molecular flexibility index (Phi) is 5.93. The first kappa shape index (κ1) is 18.7. The third kappa shape index (κ3) is 4.11. The molecule has 0 radical (unpaired) electrons. The van der Waals surface area contributed by atoms with E-state index in [1.807, 2.05) is 19.4 Å². The number of benzene rings is 1. The summed E-state index contributed by atoms with van der Waals surface area (Å²) in [6, 6.07) is 11.1. The number of likely N-dealkylation sites (N-methyl/N-ethyl adjacent to an activating group) is 1. The molecule has 142 valence electrons. The molecule has 1 aliphatic rings. The molecule has 4 rings (SSSR count). The van der Waals surface area contributed by atoms with Crippen molar-refractivity contribution in [1.82, 2.24) is 15.2 Å². The van der Waals surface area contributed by atoms with Gasteiger partial charge in [0.25, 0.3) is 0 Å². The van der Waals surface area contributed by atoms with Crippen LogP contribution in [0.2, 0.25) is 0 Å². The maximum absolute atomic E-state index is 4.23. The fourth-order valence-corrected chi connectivity index (χ4v) is 7.12. The zero-order valence-electron chi connectivity index (χ0n) is 16.0. The van der Waals surface area contributed by atoms with Crippen molar-refractivity contribution in [2.75, 3.05) is 33.1 Å². The number of hydrogen-bond acceptors (Lipinski definition) is 4. The number of pyridine rings is 1. The molecule has 0 saturated heterocycles. The van der Waals surface area contributed by atoms with Gasteiger partial charge in [0, 0.05) is 24.8 Å². The van der Waals surface area contributed by atoms with Crippen molar-refractivity contribution in [1.29, 1.82) is 0 Å². The highest BCUT2D eigenvalue weighted by molar-refractivity contribution is 8.20. The van der Waals surface area contributed by atoms with Gasteiger partial charge in [-0.2, -0.15) is 10.9 Å². The molecule has 0 bridgehead atoms. The highest BCUT2D eigenvalue weighted by Gasteiger charge is 2.21. The standard InChI is InChI=1S/C22H27N3S2/c1-23-10-7-18-15-27(22-6-4-3-5-20(18)22)16-25(2)12-9-17-14-26-21-13-24-11-8-19(17)21/h3-6,8,11,13-15,23,27H,7,9-10,12,16H2,1-2H3. The van der Waals surface area contributed by atoms with E-state index >= 15 is 0 Å². The zero-order valence-corrected chi connectivity index (χ0v) is 17.7. The van der Waals surface area contributed by atoms with Gasteiger partial charge < -0.3 is 5.32 Å². The predicted octanol–water partition coefficient (Wildman–Crippen LogP) is 4.75. The molecule has 0 fully saturated rings. The smallest absolute Gasteiger partial charge is 0.0528 e. The molecule has 1 aliphatic heterocycles. The lowest BCUT2D eigenvalue weighted by atomic mass is 10.1. The molecule has 0 spiro atoms. The van der Waals surface area contributed by atoms with Gasteiger partial charge >= 0.3 is 0 Å². The maximum atomic E-state index is 4.23. The van der Waals surface area contributed by atoms with Crippen LogP contribution in [0.4, 0.5) is 0 Å². The topological polar surface area (TPSA) is 28.2 Å². The molecule has 1 atom stereocenters. The van der Waals surface area contributed by atoms with E-state index in [9.17, 15) is 0 Å². The molecule has 0 saturated carbocycles. The molecule has 3 aromatic rings. The summed E-state index contributed by atoms with van der Waals surface area (Å²) in [6.07, 6.45) is 6.09. The molecule has 1 N–H and O–H groups in total. The van der Waals surface area contributed by atoms with Crippen molar-refractivity contribution in [2.24, 2.45) is 0 Å². The predicted molar refractivity (Wildman–Crippen MR) is 121 cm³/mol. The minimum Gasteiger partial charge on any atom is -0.319 e. The summed E-state index contributed by atoms with van der Waals surface area (Å²) in [6.45, 7) is 2.13. The SMILES string of the molecule is CNCCC1=C[SH](CN(C)CCc2csc3cnccc23)c2ccccc21. The van der Waals surface area contributed by atoms with Crippen LogP contribution in [0, 0.1) is 0 Å². The van der Waals surface area contributed by atoms with Crippen LogP contribution in [0.5, 0.6) is 0 Å². The van der Waals surface area contributed by atoms with Gasteiger partial charge in [-0.05, 0) is 83.4 Å². The Balaban J connectivity index is 1.42. The Bertz CT molecular complexity index is 947. The monoisotopic (exact) mass is 397 g/mol.